The first-order chi connectivity index (χ1) is 5.36. The van der Waals surface area contributed by atoms with E-state index in [0.717, 1.165) is 11.2 Å². The van der Waals surface area contributed by atoms with Gasteiger partial charge in [0.15, 0.2) is 0 Å². The van der Waals surface area contributed by atoms with E-state index in [-0.39, 0.29) is 0 Å². The molecule has 0 atom stereocenters. The van der Waals surface area contributed by atoms with E-state index >= 15 is 0 Å². The van der Waals surface area contributed by atoms with E-state index in [0.29, 0.717) is 7.48 Å². The van der Waals surface area contributed by atoms with Crippen LogP contribution in [0.1, 0.15) is 0 Å². The van der Waals surface area contributed by atoms with Gasteiger partial charge in [-0.15, -0.1) is 0 Å². The zero-order chi connectivity index (χ0) is 8.10. The Morgan fingerprint density at radius 3 is 2.36 bits per heavy atom. The van der Waals surface area contributed by atoms with Gasteiger partial charge in [-0.2, -0.15) is 0 Å². The maximum Gasteiger partial charge on any atom is 0.291 e. The molecule has 0 amide bonds. The fourth-order valence-corrected chi connectivity index (χ4v) is 0.888. The van der Waals surface area contributed by atoms with Crippen molar-refractivity contribution < 1.29 is 9.31 Å². The van der Waals surface area contributed by atoms with Crippen LogP contribution in [0.5, 0.6) is 5.75 Å². The third-order valence-corrected chi connectivity index (χ3v) is 1.47. The van der Waals surface area contributed by atoms with E-state index < -0.39 is 0 Å². The van der Waals surface area contributed by atoms with Gasteiger partial charge in [0.25, 0.3) is 7.48 Å². The Labute approximate surface area is 68.2 Å². The Morgan fingerprint density at radius 1 is 1.27 bits per heavy atom. The molecule has 0 spiro atoms. The third kappa shape index (κ3) is 2.31. The maximum absolute atomic E-state index is 5.01. The van der Waals surface area contributed by atoms with Gasteiger partial charge < -0.3 is 9.31 Å². The predicted octanol–water partition coefficient (Wildman–Crippen LogP) is -0.763. The van der Waals surface area contributed by atoms with Gasteiger partial charge in [-0.1, -0.05) is 17.6 Å². The van der Waals surface area contributed by atoms with Crippen LogP contribution < -0.4 is 10.2 Å². The lowest BCUT2D eigenvalue weighted by Gasteiger charge is -2.00. The molecule has 1 rings (SSSR count). The lowest BCUT2D eigenvalue weighted by atomic mass is 9.87. The van der Waals surface area contributed by atoms with Gasteiger partial charge in [0.1, 0.15) is 5.75 Å². The van der Waals surface area contributed by atoms with Gasteiger partial charge in [-0.25, -0.2) is 0 Å². The molecule has 56 valence electrons. The summed E-state index contributed by atoms with van der Waals surface area (Å²) in [5.41, 5.74) is 1.16. The Kier molecular flexibility index (Phi) is 3.05. The number of rotatable bonds is 3. The molecule has 0 bridgehead atoms. The molecule has 11 heavy (non-hydrogen) atoms. The standard InChI is InChI=1S/C7H10B2O2/c1-10-7-4-2-6(3-5-7)9-11-8/h2-5,9H,8H2,1H3. The minimum absolute atomic E-state index is 0.657. The van der Waals surface area contributed by atoms with E-state index in [4.69, 9.17) is 9.31 Å². The van der Waals surface area contributed by atoms with Crippen molar-refractivity contribution in [3.8, 4) is 5.75 Å². The van der Waals surface area contributed by atoms with Crippen molar-refractivity contribution in [2.75, 3.05) is 7.11 Å². The smallest absolute Gasteiger partial charge is 0.291 e. The monoisotopic (exact) mass is 148 g/mol. The van der Waals surface area contributed by atoms with Gasteiger partial charge in [-0.3, -0.25) is 0 Å². The van der Waals surface area contributed by atoms with Crippen molar-refractivity contribution in [2.45, 2.75) is 0 Å². The Balaban J connectivity index is 2.66. The van der Waals surface area contributed by atoms with Crippen molar-refractivity contribution in [3.63, 3.8) is 0 Å². The average Bonchev–Trinajstić information content (AvgIpc) is 2.07. The van der Waals surface area contributed by atoms with Crippen LogP contribution in [-0.2, 0) is 4.57 Å². The highest BCUT2D eigenvalue weighted by Gasteiger charge is 1.93. The summed E-state index contributed by atoms with van der Waals surface area (Å²) in [6, 6.07) is 7.83. The molecule has 0 saturated carbocycles. The van der Waals surface area contributed by atoms with Gasteiger partial charge in [0, 0.05) is 0 Å². The summed E-state index contributed by atoms with van der Waals surface area (Å²) < 4.78 is 9.97. The number of ether oxygens (including phenoxy) is 1. The lowest BCUT2D eigenvalue weighted by molar-refractivity contribution is 0.415. The van der Waals surface area contributed by atoms with Crippen LogP contribution in [0.3, 0.4) is 0 Å². The molecule has 0 radical (unpaired) electrons. The molecule has 0 N–H and O–H groups in total. The zero-order valence-electron chi connectivity index (χ0n) is 6.83. The van der Waals surface area contributed by atoms with Gasteiger partial charge in [0.2, 0.25) is 8.05 Å². The van der Waals surface area contributed by atoms with Crippen LogP contribution in [0.4, 0.5) is 0 Å². The third-order valence-electron chi connectivity index (χ3n) is 1.47. The van der Waals surface area contributed by atoms with Crippen LogP contribution in [0.25, 0.3) is 0 Å². The molecule has 1 aromatic carbocycles. The van der Waals surface area contributed by atoms with E-state index in [9.17, 15) is 0 Å². The molecule has 0 saturated heterocycles. The van der Waals surface area contributed by atoms with Gasteiger partial charge in [-0.05, 0) is 12.1 Å². The lowest BCUT2D eigenvalue weighted by Crippen LogP contribution is -2.15. The fraction of sp³-hybridized carbons (Fsp3) is 0.143. The van der Waals surface area contributed by atoms with Crippen molar-refractivity contribution in [3.05, 3.63) is 24.3 Å². The van der Waals surface area contributed by atoms with Crippen LogP contribution in [0, 0.1) is 0 Å². The predicted molar refractivity (Wildman–Crippen MR) is 49.4 cm³/mol. The number of hydrogen-bond donors (Lipinski definition) is 0. The highest BCUT2D eigenvalue weighted by atomic mass is 16.5. The fourth-order valence-electron chi connectivity index (χ4n) is 0.888. The normalized spacial score (nSPS) is 9.18. The molecule has 0 aliphatic heterocycles. The SMILES string of the molecule is BOBc1ccc(OC)cc1. The van der Waals surface area contributed by atoms with E-state index in [1.807, 2.05) is 24.3 Å². The van der Waals surface area contributed by atoms with Crippen molar-refractivity contribution >= 4 is 21.0 Å². The molecule has 2 nitrogen and oxygen atoms in total. The summed E-state index contributed by atoms with van der Waals surface area (Å²) in [5, 5.41) is 0. The molecular formula is C7H10B2O2. The van der Waals surface area contributed by atoms with Gasteiger partial charge >= 0.3 is 0 Å². The Bertz CT molecular complexity index is 210. The molecule has 1 aromatic rings. The second-order valence-corrected chi connectivity index (χ2v) is 2.28. The van der Waals surface area contributed by atoms with Crippen molar-refractivity contribution in [1.29, 1.82) is 0 Å². The molecule has 0 aromatic heterocycles. The van der Waals surface area contributed by atoms with E-state index in [1.54, 1.807) is 15.2 Å². The summed E-state index contributed by atoms with van der Waals surface area (Å²) in [7, 11) is 4.00. The minimum Gasteiger partial charge on any atom is -0.503 e. The van der Waals surface area contributed by atoms with Crippen LogP contribution in [0.15, 0.2) is 24.3 Å². The second kappa shape index (κ2) is 4.09. The first-order valence-corrected chi connectivity index (χ1v) is 3.48. The second-order valence-electron chi connectivity index (χ2n) is 2.28. The van der Waals surface area contributed by atoms with Gasteiger partial charge in [0.05, 0.1) is 7.11 Å². The molecule has 0 fully saturated rings. The first-order valence-electron chi connectivity index (χ1n) is 3.48. The maximum atomic E-state index is 5.01. The first kappa shape index (κ1) is 8.21. The molecule has 0 aliphatic rings. The summed E-state index contributed by atoms with van der Waals surface area (Å²) in [5.74, 6) is 0.879. The summed E-state index contributed by atoms with van der Waals surface area (Å²) in [4.78, 5) is 0. The molecular weight excluding hydrogens is 138 g/mol. The van der Waals surface area contributed by atoms with Crippen LogP contribution in [0.2, 0.25) is 0 Å². The quantitative estimate of drug-likeness (QED) is 0.524. The topological polar surface area (TPSA) is 18.5 Å². The van der Waals surface area contributed by atoms with Crippen molar-refractivity contribution in [1.82, 2.24) is 0 Å². The minimum atomic E-state index is 0.657. The Morgan fingerprint density at radius 2 is 1.91 bits per heavy atom. The summed E-state index contributed by atoms with van der Waals surface area (Å²) in [6.07, 6.45) is 0. The number of hydrogen-bond acceptors (Lipinski definition) is 2. The highest BCUT2D eigenvalue weighted by molar-refractivity contribution is 6.50. The van der Waals surface area contributed by atoms with Crippen molar-refractivity contribution in [2.24, 2.45) is 0 Å². The van der Waals surface area contributed by atoms with Crippen LogP contribution >= 0.6 is 0 Å². The number of methoxy groups -OCH3 is 1. The summed E-state index contributed by atoms with van der Waals surface area (Å²) in [6.45, 7) is 0. The van der Waals surface area contributed by atoms with Crippen LogP contribution in [-0.4, -0.2) is 22.6 Å². The molecule has 0 heterocycles. The molecule has 4 heteroatoms. The molecule has 0 aliphatic carbocycles. The zero-order valence-corrected chi connectivity index (χ0v) is 6.83. The van der Waals surface area contributed by atoms with E-state index in [1.165, 1.54) is 0 Å². The molecule has 0 unspecified atom stereocenters. The largest absolute Gasteiger partial charge is 0.503 e. The highest BCUT2D eigenvalue weighted by Crippen LogP contribution is 2.04. The summed E-state index contributed by atoms with van der Waals surface area (Å²) >= 11 is 0. The Hall–Kier alpha value is -0.890. The van der Waals surface area contributed by atoms with E-state index in [2.05, 4.69) is 0 Å². The number of benzene rings is 1. The average molecular weight is 148 g/mol.